The Kier molecular flexibility index (Phi) is 6.22. The van der Waals surface area contributed by atoms with Gasteiger partial charge in [-0.1, -0.05) is 29.3 Å². The minimum Gasteiger partial charge on any atom is -0.381 e. The fourth-order valence-corrected chi connectivity index (χ4v) is 5.69. The molecule has 1 spiro atoms. The molecular weight excluding hydrogens is 395 g/mol. The Morgan fingerprint density at radius 1 is 1.25 bits per heavy atom. The van der Waals surface area contributed by atoms with Gasteiger partial charge in [-0.05, 0) is 74.7 Å². The van der Waals surface area contributed by atoms with Crippen LogP contribution in [0.25, 0.3) is 0 Å². The van der Waals surface area contributed by atoms with Crippen molar-refractivity contribution in [1.29, 1.82) is 0 Å². The van der Waals surface area contributed by atoms with Crippen molar-refractivity contribution in [2.45, 2.75) is 57.0 Å². The fourth-order valence-electron chi connectivity index (χ4n) is 5.37. The molecule has 6 heteroatoms. The first-order valence-corrected chi connectivity index (χ1v) is 11.2. The maximum Gasteiger partial charge on any atom is 0.227 e. The molecule has 1 aromatic carbocycles. The highest BCUT2D eigenvalue weighted by Gasteiger charge is 2.47. The Morgan fingerprint density at radius 3 is 2.71 bits per heavy atom. The summed E-state index contributed by atoms with van der Waals surface area (Å²) in [4.78, 5) is 17.7. The van der Waals surface area contributed by atoms with Gasteiger partial charge in [0.15, 0.2) is 0 Å². The molecule has 2 heterocycles. The predicted molar refractivity (Wildman–Crippen MR) is 113 cm³/mol. The highest BCUT2D eigenvalue weighted by atomic mass is 35.5. The highest BCUT2D eigenvalue weighted by molar-refractivity contribution is 6.42. The van der Waals surface area contributed by atoms with Gasteiger partial charge in [-0.15, -0.1) is 0 Å². The van der Waals surface area contributed by atoms with Crippen LogP contribution in [0.4, 0.5) is 0 Å². The number of hydrogen-bond acceptors (Lipinski definition) is 3. The molecule has 154 valence electrons. The highest BCUT2D eigenvalue weighted by Crippen LogP contribution is 2.45. The molecule has 1 aliphatic carbocycles. The van der Waals surface area contributed by atoms with Crippen molar-refractivity contribution >= 4 is 29.1 Å². The molecule has 4 rings (SSSR count). The Balaban J connectivity index is 1.48. The summed E-state index contributed by atoms with van der Waals surface area (Å²) in [7, 11) is 1.98. The Bertz CT molecular complexity index is 714. The Labute approximate surface area is 178 Å². The van der Waals surface area contributed by atoms with Crippen LogP contribution in [-0.2, 0) is 16.0 Å². The number of nitrogens with zero attached hydrogens (tertiary/aromatic N) is 2. The van der Waals surface area contributed by atoms with E-state index in [0.29, 0.717) is 27.9 Å². The zero-order valence-corrected chi connectivity index (χ0v) is 18.1. The molecule has 0 bridgehead atoms. The molecule has 3 unspecified atom stereocenters. The average Bonchev–Trinajstić information content (AvgIpc) is 3.37. The van der Waals surface area contributed by atoms with E-state index in [9.17, 15) is 4.79 Å². The number of carbonyl (C=O) groups is 1. The number of carbonyl (C=O) groups excluding carboxylic acids is 1. The van der Waals surface area contributed by atoms with Crippen LogP contribution in [0.1, 0.15) is 44.1 Å². The quantitative estimate of drug-likeness (QED) is 0.716. The van der Waals surface area contributed by atoms with E-state index in [1.807, 2.05) is 18.0 Å². The van der Waals surface area contributed by atoms with Crippen LogP contribution in [0, 0.1) is 5.41 Å². The molecule has 0 N–H and O–H groups in total. The number of likely N-dealkylation sites (N-methyl/N-ethyl adjacent to an activating group) is 1. The minimum absolute atomic E-state index is 0.159. The maximum absolute atomic E-state index is 13.1. The number of ether oxygens (including phenoxy) is 1. The molecule has 2 aliphatic heterocycles. The first kappa shape index (κ1) is 20.5. The van der Waals surface area contributed by atoms with E-state index < -0.39 is 0 Å². The first-order chi connectivity index (χ1) is 13.5. The van der Waals surface area contributed by atoms with Crippen molar-refractivity contribution in [3.63, 3.8) is 0 Å². The van der Waals surface area contributed by atoms with Crippen LogP contribution in [-0.4, -0.2) is 61.1 Å². The smallest absolute Gasteiger partial charge is 0.227 e. The summed E-state index contributed by atoms with van der Waals surface area (Å²) in [5.74, 6) is 0.159. The topological polar surface area (TPSA) is 32.8 Å². The van der Waals surface area contributed by atoms with Gasteiger partial charge in [-0.3, -0.25) is 9.69 Å². The van der Waals surface area contributed by atoms with Gasteiger partial charge in [0.25, 0.3) is 0 Å². The molecule has 3 fully saturated rings. The van der Waals surface area contributed by atoms with Crippen LogP contribution in [0.15, 0.2) is 18.2 Å². The van der Waals surface area contributed by atoms with Crippen molar-refractivity contribution in [2.24, 2.45) is 5.41 Å². The summed E-state index contributed by atoms with van der Waals surface area (Å²) < 4.78 is 5.77. The standard InChI is InChI=1S/C22H30Cl2N2O2/c1-25(21(27)13-16-4-5-17(23)18(24)12-16)19-6-7-22(8-11-28-15-22)14-20(19)26-9-2-3-10-26/h4-5,12,19-20H,2-3,6-11,13-15H2,1H3. The van der Waals surface area contributed by atoms with E-state index in [0.717, 1.165) is 51.1 Å². The lowest BCUT2D eigenvalue weighted by Crippen LogP contribution is -2.56. The molecule has 3 atom stereocenters. The number of benzene rings is 1. The molecular formula is C22H30Cl2N2O2. The van der Waals surface area contributed by atoms with Gasteiger partial charge >= 0.3 is 0 Å². The number of likely N-dealkylation sites (tertiary alicyclic amines) is 1. The van der Waals surface area contributed by atoms with Crippen LogP contribution in [0.3, 0.4) is 0 Å². The van der Waals surface area contributed by atoms with Crippen LogP contribution in [0.2, 0.25) is 10.0 Å². The van der Waals surface area contributed by atoms with Crippen molar-refractivity contribution in [1.82, 2.24) is 9.80 Å². The third kappa shape index (κ3) is 4.21. The van der Waals surface area contributed by atoms with E-state index in [-0.39, 0.29) is 11.9 Å². The molecule has 2 saturated heterocycles. The minimum atomic E-state index is 0.159. The van der Waals surface area contributed by atoms with E-state index in [2.05, 4.69) is 4.90 Å². The number of halogens is 2. The summed E-state index contributed by atoms with van der Waals surface area (Å²) in [5.41, 5.74) is 1.25. The van der Waals surface area contributed by atoms with E-state index >= 15 is 0 Å². The molecule has 1 saturated carbocycles. The van der Waals surface area contributed by atoms with Gasteiger partial charge in [-0.25, -0.2) is 0 Å². The van der Waals surface area contributed by atoms with E-state index in [1.165, 1.54) is 19.3 Å². The molecule has 0 radical (unpaired) electrons. The lowest BCUT2D eigenvalue weighted by atomic mass is 9.69. The lowest BCUT2D eigenvalue weighted by molar-refractivity contribution is -0.134. The van der Waals surface area contributed by atoms with Crippen molar-refractivity contribution in [3.8, 4) is 0 Å². The Morgan fingerprint density at radius 2 is 2.04 bits per heavy atom. The summed E-state index contributed by atoms with van der Waals surface area (Å²) in [5, 5.41) is 1.03. The van der Waals surface area contributed by atoms with Gasteiger partial charge in [0, 0.05) is 25.7 Å². The molecule has 28 heavy (non-hydrogen) atoms. The second kappa shape index (κ2) is 8.51. The van der Waals surface area contributed by atoms with Gasteiger partial charge in [0.05, 0.1) is 23.1 Å². The van der Waals surface area contributed by atoms with Crippen molar-refractivity contribution in [3.05, 3.63) is 33.8 Å². The molecule has 1 amide bonds. The van der Waals surface area contributed by atoms with Crippen molar-refractivity contribution < 1.29 is 9.53 Å². The fraction of sp³-hybridized carbons (Fsp3) is 0.682. The summed E-state index contributed by atoms with van der Waals surface area (Å²) in [6, 6.07) is 6.19. The molecule has 4 nitrogen and oxygen atoms in total. The lowest BCUT2D eigenvalue weighted by Gasteiger charge is -2.48. The average molecular weight is 425 g/mol. The largest absolute Gasteiger partial charge is 0.381 e. The zero-order valence-electron chi connectivity index (χ0n) is 16.6. The number of amides is 1. The monoisotopic (exact) mass is 424 g/mol. The third-order valence-electron chi connectivity index (χ3n) is 7.08. The maximum atomic E-state index is 13.1. The molecule has 1 aromatic rings. The summed E-state index contributed by atoms with van der Waals surface area (Å²) in [6.07, 6.45) is 7.46. The van der Waals surface area contributed by atoms with Crippen LogP contribution >= 0.6 is 23.2 Å². The number of rotatable bonds is 4. The van der Waals surface area contributed by atoms with Crippen LogP contribution in [0.5, 0.6) is 0 Å². The van der Waals surface area contributed by atoms with Crippen LogP contribution < -0.4 is 0 Å². The number of hydrogen-bond donors (Lipinski definition) is 0. The van der Waals surface area contributed by atoms with Gasteiger partial charge in [0.2, 0.25) is 5.91 Å². The Hall–Kier alpha value is -0.810. The predicted octanol–water partition coefficient (Wildman–Crippen LogP) is 4.42. The molecule has 3 aliphatic rings. The first-order valence-electron chi connectivity index (χ1n) is 10.5. The van der Waals surface area contributed by atoms with Gasteiger partial charge in [0.1, 0.15) is 0 Å². The van der Waals surface area contributed by atoms with E-state index in [4.69, 9.17) is 27.9 Å². The second-order valence-corrected chi connectivity index (χ2v) is 9.67. The van der Waals surface area contributed by atoms with Gasteiger partial charge < -0.3 is 9.64 Å². The molecule has 0 aromatic heterocycles. The second-order valence-electron chi connectivity index (χ2n) is 8.85. The summed E-state index contributed by atoms with van der Waals surface area (Å²) in [6.45, 7) is 4.11. The van der Waals surface area contributed by atoms with E-state index in [1.54, 1.807) is 12.1 Å². The summed E-state index contributed by atoms with van der Waals surface area (Å²) >= 11 is 12.1. The van der Waals surface area contributed by atoms with Crippen molar-refractivity contribution in [2.75, 3.05) is 33.4 Å². The third-order valence-corrected chi connectivity index (χ3v) is 7.82. The SMILES string of the molecule is CN(C(=O)Cc1ccc(Cl)c(Cl)c1)C1CCC2(CCOC2)CC1N1CCCC1. The zero-order chi connectivity index (χ0) is 19.7. The van der Waals surface area contributed by atoms with Gasteiger partial charge in [-0.2, -0.15) is 0 Å². The normalized spacial score (nSPS) is 30.8.